The van der Waals surface area contributed by atoms with Crippen molar-refractivity contribution in [2.45, 2.75) is 19.4 Å². The van der Waals surface area contributed by atoms with E-state index < -0.39 is 0 Å². The van der Waals surface area contributed by atoms with E-state index in [1.54, 1.807) is 18.3 Å². The highest BCUT2D eigenvalue weighted by Gasteiger charge is 2.27. The van der Waals surface area contributed by atoms with Gasteiger partial charge in [-0.15, -0.1) is 0 Å². The minimum Gasteiger partial charge on any atom is -0.393 e. The Morgan fingerprint density at radius 1 is 1.30 bits per heavy atom. The molecule has 4 nitrogen and oxygen atoms in total. The van der Waals surface area contributed by atoms with Crippen molar-refractivity contribution in [2.24, 2.45) is 5.92 Å². The summed E-state index contributed by atoms with van der Waals surface area (Å²) in [6.45, 7) is 3.53. The Morgan fingerprint density at radius 3 is 2.65 bits per heavy atom. The highest BCUT2D eigenvalue weighted by atomic mass is 35.5. The first-order valence-corrected chi connectivity index (χ1v) is 7.35. The van der Waals surface area contributed by atoms with Crippen molar-refractivity contribution in [3.63, 3.8) is 0 Å². The van der Waals surface area contributed by atoms with Gasteiger partial charge in [0.1, 0.15) is 5.82 Å². The van der Waals surface area contributed by atoms with E-state index in [0.717, 1.165) is 36.4 Å². The Labute approximate surface area is 127 Å². The molecule has 1 saturated heterocycles. The maximum Gasteiger partial charge on any atom is 0.147 e. The summed E-state index contributed by atoms with van der Waals surface area (Å²) in [5.74, 6) is 1.11. The van der Waals surface area contributed by atoms with Crippen molar-refractivity contribution in [2.75, 3.05) is 18.0 Å². The minimum absolute atomic E-state index is 0.290. The SMILES string of the molecule is CC(O)C1CCN(c2cnc3cc(Cl)c(Cl)cc3n2)C1. The number of hydrogen-bond donors (Lipinski definition) is 1. The average molecular weight is 312 g/mol. The smallest absolute Gasteiger partial charge is 0.147 e. The molecule has 0 aliphatic carbocycles. The first-order chi connectivity index (χ1) is 9.54. The van der Waals surface area contributed by atoms with E-state index in [4.69, 9.17) is 23.2 Å². The van der Waals surface area contributed by atoms with Crippen molar-refractivity contribution >= 4 is 40.1 Å². The fourth-order valence-electron chi connectivity index (χ4n) is 2.54. The molecule has 3 rings (SSSR count). The van der Waals surface area contributed by atoms with Crippen LogP contribution in [0, 0.1) is 5.92 Å². The fraction of sp³-hybridized carbons (Fsp3) is 0.429. The molecule has 1 aromatic heterocycles. The molecular weight excluding hydrogens is 297 g/mol. The van der Waals surface area contributed by atoms with E-state index in [9.17, 15) is 5.11 Å². The third-order valence-electron chi connectivity index (χ3n) is 3.80. The van der Waals surface area contributed by atoms with Gasteiger partial charge in [0.05, 0.1) is 33.4 Å². The third kappa shape index (κ3) is 2.55. The van der Waals surface area contributed by atoms with E-state index in [1.165, 1.54) is 0 Å². The largest absolute Gasteiger partial charge is 0.393 e. The molecule has 2 aromatic rings. The lowest BCUT2D eigenvalue weighted by atomic mass is 10.0. The van der Waals surface area contributed by atoms with Crippen molar-refractivity contribution in [3.05, 3.63) is 28.4 Å². The monoisotopic (exact) mass is 311 g/mol. The summed E-state index contributed by atoms with van der Waals surface area (Å²) in [7, 11) is 0. The number of anilines is 1. The molecule has 1 N–H and O–H groups in total. The maximum atomic E-state index is 9.66. The molecule has 20 heavy (non-hydrogen) atoms. The summed E-state index contributed by atoms with van der Waals surface area (Å²) in [6, 6.07) is 3.45. The average Bonchev–Trinajstić information content (AvgIpc) is 2.89. The van der Waals surface area contributed by atoms with Crippen LogP contribution in [0.2, 0.25) is 10.0 Å². The first-order valence-electron chi connectivity index (χ1n) is 6.59. The fourth-order valence-corrected chi connectivity index (χ4v) is 2.86. The van der Waals surface area contributed by atoms with Gasteiger partial charge < -0.3 is 10.0 Å². The zero-order chi connectivity index (χ0) is 14.3. The highest BCUT2D eigenvalue weighted by Crippen LogP contribution is 2.29. The van der Waals surface area contributed by atoms with Gasteiger partial charge in [0.15, 0.2) is 0 Å². The molecule has 2 heterocycles. The van der Waals surface area contributed by atoms with Crippen LogP contribution < -0.4 is 4.90 Å². The zero-order valence-electron chi connectivity index (χ0n) is 11.1. The van der Waals surface area contributed by atoms with Gasteiger partial charge in [-0.3, -0.25) is 4.98 Å². The lowest BCUT2D eigenvalue weighted by Gasteiger charge is -2.18. The Kier molecular flexibility index (Phi) is 3.71. The molecule has 0 radical (unpaired) electrons. The number of aromatic nitrogens is 2. The standard InChI is InChI=1S/C14H15Cl2N3O/c1-8(20)9-2-3-19(7-9)14-6-17-12-4-10(15)11(16)5-13(12)18-14/h4-6,8-9,20H,2-3,7H2,1H3. The van der Waals surface area contributed by atoms with Crippen LogP contribution in [-0.2, 0) is 0 Å². The molecule has 1 aromatic carbocycles. The number of aliphatic hydroxyl groups excluding tert-OH is 1. The number of hydrogen-bond acceptors (Lipinski definition) is 4. The molecule has 6 heteroatoms. The van der Waals surface area contributed by atoms with E-state index in [1.807, 2.05) is 6.92 Å². The molecule has 2 atom stereocenters. The number of benzene rings is 1. The Bertz CT molecular complexity index is 648. The second-order valence-corrected chi connectivity index (χ2v) is 6.03. The van der Waals surface area contributed by atoms with Gasteiger partial charge in [0.25, 0.3) is 0 Å². The van der Waals surface area contributed by atoms with Crippen LogP contribution in [0.1, 0.15) is 13.3 Å². The molecule has 106 valence electrons. The van der Waals surface area contributed by atoms with Gasteiger partial charge in [-0.25, -0.2) is 4.98 Å². The summed E-state index contributed by atoms with van der Waals surface area (Å²) in [5, 5.41) is 10.6. The van der Waals surface area contributed by atoms with Crippen LogP contribution in [0.5, 0.6) is 0 Å². The summed E-state index contributed by atoms with van der Waals surface area (Å²) in [5.41, 5.74) is 1.46. The Hall–Kier alpha value is -1.10. The summed E-state index contributed by atoms with van der Waals surface area (Å²) < 4.78 is 0. The van der Waals surface area contributed by atoms with Crippen molar-refractivity contribution < 1.29 is 5.11 Å². The Morgan fingerprint density at radius 2 is 2.00 bits per heavy atom. The normalized spacial score (nSPS) is 20.6. The molecule has 1 fully saturated rings. The van der Waals surface area contributed by atoms with E-state index >= 15 is 0 Å². The maximum absolute atomic E-state index is 9.66. The van der Waals surface area contributed by atoms with Crippen molar-refractivity contribution in [1.29, 1.82) is 0 Å². The predicted molar refractivity (Wildman–Crippen MR) is 81.6 cm³/mol. The van der Waals surface area contributed by atoms with Gasteiger partial charge in [-0.1, -0.05) is 23.2 Å². The van der Waals surface area contributed by atoms with Crippen LogP contribution in [0.4, 0.5) is 5.82 Å². The van der Waals surface area contributed by atoms with Crippen LogP contribution in [0.3, 0.4) is 0 Å². The summed E-state index contributed by atoms with van der Waals surface area (Å²) in [6.07, 6.45) is 2.43. The number of halogens is 2. The Balaban J connectivity index is 1.92. The third-order valence-corrected chi connectivity index (χ3v) is 4.52. The molecule has 0 amide bonds. The first kappa shape index (κ1) is 13.9. The molecular formula is C14H15Cl2N3O. The minimum atomic E-state index is -0.290. The molecule has 1 aliphatic rings. The van der Waals surface area contributed by atoms with E-state index in [-0.39, 0.29) is 6.10 Å². The van der Waals surface area contributed by atoms with E-state index in [2.05, 4.69) is 14.9 Å². The van der Waals surface area contributed by atoms with Gasteiger partial charge in [0.2, 0.25) is 0 Å². The van der Waals surface area contributed by atoms with Crippen LogP contribution >= 0.6 is 23.2 Å². The quantitative estimate of drug-likeness (QED) is 0.925. The van der Waals surface area contributed by atoms with Crippen LogP contribution in [0.25, 0.3) is 11.0 Å². The van der Waals surface area contributed by atoms with Crippen LogP contribution in [0.15, 0.2) is 18.3 Å². The van der Waals surface area contributed by atoms with Crippen LogP contribution in [-0.4, -0.2) is 34.3 Å². The zero-order valence-corrected chi connectivity index (χ0v) is 12.6. The number of nitrogens with zero attached hydrogens (tertiary/aromatic N) is 3. The molecule has 0 spiro atoms. The van der Waals surface area contributed by atoms with Gasteiger partial charge in [-0.2, -0.15) is 0 Å². The van der Waals surface area contributed by atoms with Crippen molar-refractivity contribution in [1.82, 2.24) is 9.97 Å². The van der Waals surface area contributed by atoms with Crippen molar-refractivity contribution in [3.8, 4) is 0 Å². The van der Waals surface area contributed by atoms with Gasteiger partial charge in [-0.05, 0) is 25.5 Å². The molecule has 1 aliphatic heterocycles. The lowest BCUT2D eigenvalue weighted by Crippen LogP contribution is -2.24. The molecule has 0 saturated carbocycles. The highest BCUT2D eigenvalue weighted by molar-refractivity contribution is 6.42. The summed E-state index contributed by atoms with van der Waals surface area (Å²) in [4.78, 5) is 11.1. The summed E-state index contributed by atoms with van der Waals surface area (Å²) >= 11 is 12.0. The molecule has 0 bridgehead atoms. The lowest BCUT2D eigenvalue weighted by molar-refractivity contribution is 0.136. The second-order valence-electron chi connectivity index (χ2n) is 5.22. The van der Waals surface area contributed by atoms with Gasteiger partial charge >= 0.3 is 0 Å². The number of aliphatic hydroxyl groups is 1. The predicted octanol–water partition coefficient (Wildman–Crippen LogP) is 3.14. The van der Waals surface area contributed by atoms with E-state index in [0.29, 0.717) is 16.0 Å². The van der Waals surface area contributed by atoms with Gasteiger partial charge in [0, 0.05) is 19.0 Å². The topological polar surface area (TPSA) is 49.2 Å². The molecule has 2 unspecified atom stereocenters. The number of fused-ring (bicyclic) bond motifs is 1. The number of rotatable bonds is 2. The second kappa shape index (κ2) is 5.35.